The third-order valence-electron chi connectivity index (χ3n) is 2.05. The van der Waals surface area contributed by atoms with Gasteiger partial charge in [0.2, 0.25) is 0 Å². The zero-order valence-corrected chi connectivity index (χ0v) is 7.64. The molecule has 0 fully saturated rings. The molecular formula is C10H15NO2. The molecule has 0 aliphatic carbocycles. The SMILES string of the molecule is C[C@@H](O)[C@H](O)c1ccccc1CN. The predicted molar refractivity (Wildman–Crippen MR) is 51.0 cm³/mol. The summed E-state index contributed by atoms with van der Waals surface area (Å²) in [6.45, 7) is 1.93. The van der Waals surface area contributed by atoms with E-state index in [0.717, 1.165) is 5.56 Å². The van der Waals surface area contributed by atoms with Gasteiger partial charge in [-0.05, 0) is 18.1 Å². The zero-order chi connectivity index (χ0) is 9.84. The number of hydrogen-bond acceptors (Lipinski definition) is 3. The Balaban J connectivity index is 2.98. The van der Waals surface area contributed by atoms with E-state index < -0.39 is 12.2 Å². The minimum absolute atomic E-state index is 0.375. The highest BCUT2D eigenvalue weighted by Crippen LogP contribution is 2.20. The third-order valence-corrected chi connectivity index (χ3v) is 2.05. The van der Waals surface area contributed by atoms with Crippen molar-refractivity contribution in [2.45, 2.75) is 25.7 Å². The molecule has 1 rings (SSSR count). The van der Waals surface area contributed by atoms with Crippen molar-refractivity contribution >= 4 is 0 Å². The van der Waals surface area contributed by atoms with E-state index in [-0.39, 0.29) is 0 Å². The van der Waals surface area contributed by atoms with Crippen molar-refractivity contribution in [2.24, 2.45) is 5.73 Å². The van der Waals surface area contributed by atoms with Gasteiger partial charge in [-0.1, -0.05) is 24.3 Å². The van der Waals surface area contributed by atoms with E-state index in [9.17, 15) is 10.2 Å². The van der Waals surface area contributed by atoms with E-state index in [4.69, 9.17) is 5.73 Å². The molecular weight excluding hydrogens is 166 g/mol. The Morgan fingerprint density at radius 2 is 1.92 bits per heavy atom. The average molecular weight is 181 g/mol. The number of aliphatic hydroxyl groups excluding tert-OH is 2. The Morgan fingerprint density at radius 1 is 1.31 bits per heavy atom. The van der Waals surface area contributed by atoms with Gasteiger partial charge in [0.25, 0.3) is 0 Å². The number of aliphatic hydroxyl groups is 2. The molecule has 72 valence electrons. The summed E-state index contributed by atoms with van der Waals surface area (Å²) in [6, 6.07) is 7.31. The lowest BCUT2D eigenvalue weighted by atomic mass is 9.99. The lowest BCUT2D eigenvalue weighted by Gasteiger charge is -2.16. The van der Waals surface area contributed by atoms with Crippen LogP contribution in [-0.2, 0) is 6.54 Å². The van der Waals surface area contributed by atoms with Gasteiger partial charge in [0.05, 0.1) is 6.10 Å². The number of benzene rings is 1. The average Bonchev–Trinajstić information content (AvgIpc) is 2.16. The van der Waals surface area contributed by atoms with Crippen LogP contribution in [0, 0.1) is 0 Å². The van der Waals surface area contributed by atoms with E-state index in [1.807, 2.05) is 18.2 Å². The van der Waals surface area contributed by atoms with Crippen molar-refractivity contribution in [3.05, 3.63) is 35.4 Å². The van der Waals surface area contributed by atoms with Crippen LogP contribution in [0.25, 0.3) is 0 Å². The molecule has 0 unspecified atom stereocenters. The molecule has 13 heavy (non-hydrogen) atoms. The maximum atomic E-state index is 9.60. The summed E-state index contributed by atoms with van der Waals surface area (Å²) >= 11 is 0. The predicted octanol–water partition coefficient (Wildman–Crippen LogP) is 0.560. The first-order valence-corrected chi connectivity index (χ1v) is 4.30. The first-order chi connectivity index (χ1) is 6.16. The minimum atomic E-state index is -0.847. The van der Waals surface area contributed by atoms with Crippen LogP contribution in [0.15, 0.2) is 24.3 Å². The van der Waals surface area contributed by atoms with Crippen LogP contribution < -0.4 is 5.73 Å². The van der Waals surface area contributed by atoms with E-state index >= 15 is 0 Å². The Bertz CT molecular complexity index is 273. The van der Waals surface area contributed by atoms with Gasteiger partial charge < -0.3 is 15.9 Å². The Morgan fingerprint density at radius 3 is 2.46 bits per heavy atom. The zero-order valence-electron chi connectivity index (χ0n) is 7.64. The summed E-state index contributed by atoms with van der Waals surface area (Å²) in [6.07, 6.45) is -1.62. The Labute approximate surface area is 77.8 Å². The normalized spacial score (nSPS) is 15.4. The summed E-state index contributed by atoms with van der Waals surface area (Å²) in [5.74, 6) is 0. The van der Waals surface area contributed by atoms with Gasteiger partial charge in [-0.3, -0.25) is 0 Å². The topological polar surface area (TPSA) is 66.5 Å². The first kappa shape index (κ1) is 10.2. The van der Waals surface area contributed by atoms with Crippen LogP contribution in [0.1, 0.15) is 24.2 Å². The van der Waals surface area contributed by atoms with Gasteiger partial charge in [-0.15, -0.1) is 0 Å². The van der Waals surface area contributed by atoms with Gasteiger partial charge >= 0.3 is 0 Å². The summed E-state index contributed by atoms with van der Waals surface area (Å²) in [4.78, 5) is 0. The van der Waals surface area contributed by atoms with Crippen LogP contribution in [0.2, 0.25) is 0 Å². The Hall–Kier alpha value is -0.900. The lowest BCUT2D eigenvalue weighted by molar-refractivity contribution is 0.0300. The largest absolute Gasteiger partial charge is 0.390 e. The van der Waals surface area contributed by atoms with Crippen molar-refractivity contribution in [1.82, 2.24) is 0 Å². The molecule has 0 bridgehead atoms. The minimum Gasteiger partial charge on any atom is -0.390 e. The highest BCUT2D eigenvalue weighted by molar-refractivity contribution is 5.29. The van der Waals surface area contributed by atoms with Crippen LogP contribution >= 0.6 is 0 Å². The quantitative estimate of drug-likeness (QED) is 0.638. The van der Waals surface area contributed by atoms with E-state index in [1.54, 1.807) is 13.0 Å². The van der Waals surface area contributed by atoms with Crippen LogP contribution in [0.3, 0.4) is 0 Å². The van der Waals surface area contributed by atoms with E-state index in [1.165, 1.54) is 0 Å². The fourth-order valence-electron chi connectivity index (χ4n) is 1.27. The van der Waals surface area contributed by atoms with Gasteiger partial charge in [0.15, 0.2) is 0 Å². The standard InChI is InChI=1S/C10H15NO2/c1-7(12)10(13)9-5-3-2-4-8(9)6-11/h2-5,7,10,12-13H,6,11H2,1H3/t7-,10+/m1/s1. The maximum Gasteiger partial charge on any atom is 0.105 e. The molecule has 1 aromatic carbocycles. The van der Waals surface area contributed by atoms with Crippen LogP contribution in [0.5, 0.6) is 0 Å². The molecule has 1 aromatic rings. The fraction of sp³-hybridized carbons (Fsp3) is 0.400. The molecule has 0 radical (unpaired) electrons. The monoisotopic (exact) mass is 181 g/mol. The molecule has 0 aromatic heterocycles. The molecule has 0 aliphatic heterocycles. The van der Waals surface area contributed by atoms with Crippen molar-refractivity contribution in [3.63, 3.8) is 0 Å². The maximum absolute atomic E-state index is 9.60. The summed E-state index contributed by atoms with van der Waals surface area (Å²) in [5, 5.41) is 18.8. The van der Waals surface area contributed by atoms with Crippen molar-refractivity contribution in [2.75, 3.05) is 0 Å². The highest BCUT2D eigenvalue weighted by atomic mass is 16.3. The third kappa shape index (κ3) is 2.28. The van der Waals surface area contributed by atoms with E-state index in [0.29, 0.717) is 12.1 Å². The summed E-state index contributed by atoms with van der Waals surface area (Å²) < 4.78 is 0. The molecule has 0 heterocycles. The second kappa shape index (κ2) is 4.37. The molecule has 4 N–H and O–H groups in total. The lowest BCUT2D eigenvalue weighted by Crippen LogP contribution is -2.16. The molecule has 0 saturated heterocycles. The fourth-order valence-corrected chi connectivity index (χ4v) is 1.27. The second-order valence-corrected chi connectivity index (χ2v) is 3.09. The molecule has 0 amide bonds. The molecule has 3 heteroatoms. The Kier molecular flexibility index (Phi) is 3.42. The number of nitrogens with two attached hydrogens (primary N) is 1. The summed E-state index contributed by atoms with van der Waals surface area (Å²) in [5.41, 5.74) is 7.08. The van der Waals surface area contributed by atoms with Gasteiger partial charge in [0.1, 0.15) is 6.10 Å². The molecule has 2 atom stereocenters. The molecule has 0 saturated carbocycles. The highest BCUT2D eigenvalue weighted by Gasteiger charge is 2.15. The van der Waals surface area contributed by atoms with Gasteiger partial charge in [-0.25, -0.2) is 0 Å². The molecule has 0 aliphatic rings. The molecule has 0 spiro atoms. The second-order valence-electron chi connectivity index (χ2n) is 3.09. The van der Waals surface area contributed by atoms with Crippen LogP contribution in [0.4, 0.5) is 0 Å². The smallest absolute Gasteiger partial charge is 0.105 e. The number of rotatable bonds is 3. The van der Waals surface area contributed by atoms with Crippen molar-refractivity contribution in [3.8, 4) is 0 Å². The first-order valence-electron chi connectivity index (χ1n) is 4.30. The van der Waals surface area contributed by atoms with Gasteiger partial charge in [0, 0.05) is 6.54 Å². The summed E-state index contributed by atoms with van der Waals surface area (Å²) in [7, 11) is 0. The van der Waals surface area contributed by atoms with Crippen LogP contribution in [-0.4, -0.2) is 16.3 Å². The van der Waals surface area contributed by atoms with E-state index in [2.05, 4.69) is 0 Å². The van der Waals surface area contributed by atoms with Crippen molar-refractivity contribution in [1.29, 1.82) is 0 Å². The van der Waals surface area contributed by atoms with Crippen molar-refractivity contribution < 1.29 is 10.2 Å². The number of hydrogen-bond donors (Lipinski definition) is 3. The molecule has 3 nitrogen and oxygen atoms in total. The van der Waals surface area contributed by atoms with Gasteiger partial charge in [-0.2, -0.15) is 0 Å².